The molecule has 0 radical (unpaired) electrons. The lowest BCUT2D eigenvalue weighted by molar-refractivity contribution is 0.272. The topological polar surface area (TPSA) is 18.5 Å². The van der Waals surface area contributed by atoms with Crippen LogP contribution in [0.15, 0.2) is 48.5 Å². The molecule has 0 saturated heterocycles. The van der Waals surface area contributed by atoms with E-state index in [4.69, 9.17) is 8.85 Å². The summed E-state index contributed by atoms with van der Waals surface area (Å²) < 4.78 is 14.1. The maximum Gasteiger partial charge on any atom is 0.406 e. The van der Waals surface area contributed by atoms with Gasteiger partial charge in [-0.15, -0.1) is 0 Å². The highest BCUT2D eigenvalue weighted by Crippen LogP contribution is 2.11. The summed E-state index contributed by atoms with van der Waals surface area (Å²) in [5.41, 5.74) is 0. The van der Waals surface area contributed by atoms with E-state index in [0.717, 1.165) is 10.4 Å². The Morgan fingerprint density at radius 3 is 1.26 bits per heavy atom. The Hall–Kier alpha value is 0.0369. The summed E-state index contributed by atoms with van der Waals surface area (Å²) in [5, 5.41) is 2.25. The summed E-state index contributed by atoms with van der Waals surface area (Å²) in [7, 11) is 0.907. The average molecular weight is 496 g/mol. The standard InChI is InChI=1S/C14H14I2O2Si/c1-17-19(18-2,13-7-3-11(15)4-8-13)14-9-5-12(16)6-10-14/h3-10H,1-2H3. The smallest absolute Gasteiger partial charge is 0.391 e. The Labute approximate surface area is 142 Å². The highest BCUT2D eigenvalue weighted by atomic mass is 127. The van der Waals surface area contributed by atoms with Crippen LogP contribution in [0.3, 0.4) is 0 Å². The van der Waals surface area contributed by atoms with Crippen LogP contribution in [0.4, 0.5) is 0 Å². The summed E-state index contributed by atoms with van der Waals surface area (Å²) in [5.74, 6) is 0. The predicted molar refractivity (Wildman–Crippen MR) is 97.4 cm³/mol. The van der Waals surface area contributed by atoms with Gasteiger partial charge < -0.3 is 8.85 Å². The van der Waals surface area contributed by atoms with Crippen LogP contribution >= 0.6 is 45.2 Å². The van der Waals surface area contributed by atoms with Crippen LogP contribution in [0, 0.1) is 7.14 Å². The van der Waals surface area contributed by atoms with Gasteiger partial charge in [0, 0.05) is 21.4 Å². The van der Waals surface area contributed by atoms with E-state index < -0.39 is 8.56 Å². The van der Waals surface area contributed by atoms with Gasteiger partial charge in [-0.25, -0.2) is 0 Å². The van der Waals surface area contributed by atoms with Gasteiger partial charge in [-0.1, -0.05) is 24.3 Å². The van der Waals surface area contributed by atoms with E-state index in [1.165, 1.54) is 7.14 Å². The van der Waals surface area contributed by atoms with Gasteiger partial charge in [-0.05, 0) is 79.8 Å². The molecule has 0 aliphatic carbocycles. The fraction of sp³-hybridized carbons (Fsp3) is 0.143. The van der Waals surface area contributed by atoms with Gasteiger partial charge in [-0.2, -0.15) is 0 Å². The Kier molecular flexibility index (Phi) is 5.41. The summed E-state index contributed by atoms with van der Waals surface area (Å²) >= 11 is 4.60. The molecule has 2 nitrogen and oxygen atoms in total. The van der Waals surface area contributed by atoms with Crippen molar-refractivity contribution in [2.75, 3.05) is 14.2 Å². The fourth-order valence-electron chi connectivity index (χ4n) is 2.06. The molecule has 19 heavy (non-hydrogen) atoms. The lowest BCUT2D eigenvalue weighted by Gasteiger charge is -2.28. The lowest BCUT2D eigenvalue weighted by atomic mass is 10.4. The van der Waals surface area contributed by atoms with Gasteiger partial charge in [0.1, 0.15) is 0 Å². The van der Waals surface area contributed by atoms with Crippen molar-refractivity contribution in [3.63, 3.8) is 0 Å². The van der Waals surface area contributed by atoms with E-state index in [-0.39, 0.29) is 0 Å². The second-order valence-electron chi connectivity index (χ2n) is 4.04. The molecule has 0 spiro atoms. The van der Waals surface area contributed by atoms with Gasteiger partial charge in [0.05, 0.1) is 0 Å². The highest BCUT2D eigenvalue weighted by Gasteiger charge is 2.40. The summed E-state index contributed by atoms with van der Waals surface area (Å²) in [6.07, 6.45) is 0. The molecule has 0 aliphatic rings. The first-order valence-electron chi connectivity index (χ1n) is 5.75. The molecule has 0 amide bonds. The molecule has 0 saturated carbocycles. The molecule has 0 aliphatic heterocycles. The van der Waals surface area contributed by atoms with Crippen molar-refractivity contribution in [3.8, 4) is 0 Å². The van der Waals surface area contributed by atoms with E-state index in [1.54, 1.807) is 14.2 Å². The molecule has 0 aromatic heterocycles. The molecule has 2 rings (SSSR count). The molecule has 2 aromatic rings. The van der Waals surface area contributed by atoms with Crippen LogP contribution in [0.1, 0.15) is 0 Å². The van der Waals surface area contributed by atoms with Crippen LogP contribution in [0.5, 0.6) is 0 Å². The SMILES string of the molecule is CO[Si](OC)(c1ccc(I)cc1)c1ccc(I)cc1. The predicted octanol–water partition coefficient (Wildman–Crippen LogP) is 2.75. The second kappa shape index (κ2) is 6.66. The molecular weight excluding hydrogens is 482 g/mol. The van der Waals surface area contributed by atoms with E-state index in [2.05, 4.69) is 93.7 Å². The lowest BCUT2D eigenvalue weighted by Crippen LogP contribution is -2.62. The molecule has 0 N–H and O–H groups in total. The Balaban J connectivity index is 2.53. The third-order valence-corrected chi connectivity index (χ3v) is 7.80. The third-order valence-electron chi connectivity index (χ3n) is 3.02. The fourth-order valence-corrected chi connectivity index (χ4v) is 5.43. The minimum atomic E-state index is -2.55. The van der Waals surface area contributed by atoms with Crippen molar-refractivity contribution >= 4 is 64.1 Å². The van der Waals surface area contributed by atoms with Crippen LogP contribution in [0.25, 0.3) is 0 Å². The van der Waals surface area contributed by atoms with E-state index in [1.807, 2.05) is 0 Å². The first-order valence-corrected chi connectivity index (χ1v) is 9.72. The first-order chi connectivity index (χ1) is 9.12. The van der Waals surface area contributed by atoms with E-state index >= 15 is 0 Å². The second-order valence-corrected chi connectivity index (χ2v) is 9.73. The zero-order valence-electron chi connectivity index (χ0n) is 10.7. The molecule has 0 heterocycles. The molecular formula is C14H14I2O2Si. The van der Waals surface area contributed by atoms with Gasteiger partial charge in [0.2, 0.25) is 0 Å². The van der Waals surface area contributed by atoms with Crippen molar-refractivity contribution in [2.45, 2.75) is 0 Å². The van der Waals surface area contributed by atoms with Crippen molar-refractivity contribution in [3.05, 3.63) is 55.7 Å². The summed E-state index contributed by atoms with van der Waals surface area (Å²) in [6, 6.07) is 16.7. The molecule has 100 valence electrons. The molecule has 0 unspecified atom stereocenters. The maximum atomic E-state index is 5.85. The van der Waals surface area contributed by atoms with E-state index in [0.29, 0.717) is 0 Å². The van der Waals surface area contributed by atoms with E-state index in [9.17, 15) is 0 Å². The summed E-state index contributed by atoms with van der Waals surface area (Å²) in [6.45, 7) is 0. The van der Waals surface area contributed by atoms with Crippen molar-refractivity contribution in [1.82, 2.24) is 0 Å². The van der Waals surface area contributed by atoms with Gasteiger partial charge in [0.15, 0.2) is 0 Å². The largest absolute Gasteiger partial charge is 0.406 e. The van der Waals surface area contributed by atoms with Crippen molar-refractivity contribution in [2.24, 2.45) is 0 Å². The molecule has 0 fully saturated rings. The Bertz CT molecular complexity index is 489. The van der Waals surface area contributed by atoms with Gasteiger partial charge in [-0.3, -0.25) is 0 Å². The van der Waals surface area contributed by atoms with Crippen LogP contribution in [-0.4, -0.2) is 22.8 Å². The van der Waals surface area contributed by atoms with Crippen molar-refractivity contribution in [1.29, 1.82) is 0 Å². The highest BCUT2D eigenvalue weighted by molar-refractivity contribution is 14.1. The summed E-state index contributed by atoms with van der Waals surface area (Å²) in [4.78, 5) is 0. The normalized spacial score (nSPS) is 11.6. The van der Waals surface area contributed by atoms with Crippen LogP contribution in [0.2, 0.25) is 0 Å². The number of benzene rings is 2. The van der Waals surface area contributed by atoms with Crippen molar-refractivity contribution < 1.29 is 8.85 Å². The zero-order valence-corrected chi connectivity index (χ0v) is 16.0. The molecule has 5 heteroatoms. The van der Waals surface area contributed by atoms with Crippen LogP contribution in [-0.2, 0) is 8.85 Å². The zero-order chi connectivity index (χ0) is 13.9. The van der Waals surface area contributed by atoms with Gasteiger partial charge >= 0.3 is 8.56 Å². The molecule has 0 atom stereocenters. The number of halogens is 2. The number of hydrogen-bond donors (Lipinski definition) is 0. The molecule has 2 aromatic carbocycles. The Morgan fingerprint density at radius 1 is 0.684 bits per heavy atom. The van der Waals surface area contributed by atoms with Crippen LogP contribution < -0.4 is 10.4 Å². The monoisotopic (exact) mass is 496 g/mol. The molecule has 0 bridgehead atoms. The minimum Gasteiger partial charge on any atom is -0.391 e. The Morgan fingerprint density at radius 2 is 1.00 bits per heavy atom. The minimum absolute atomic E-state index is 1.12. The number of rotatable bonds is 4. The van der Waals surface area contributed by atoms with Gasteiger partial charge in [0.25, 0.3) is 0 Å². The average Bonchev–Trinajstić information content (AvgIpc) is 2.44. The number of hydrogen-bond acceptors (Lipinski definition) is 2. The first kappa shape index (κ1) is 15.4. The third kappa shape index (κ3) is 3.21. The maximum absolute atomic E-state index is 5.85. The quantitative estimate of drug-likeness (QED) is 0.479.